The van der Waals surface area contributed by atoms with Gasteiger partial charge in [-0.25, -0.2) is 4.79 Å². The minimum Gasteiger partial charge on any atom is -0.475 e. The Morgan fingerprint density at radius 1 is 1.03 bits per heavy atom. The van der Waals surface area contributed by atoms with E-state index in [0.717, 1.165) is 5.56 Å². The molecule has 2 amide bonds. The van der Waals surface area contributed by atoms with Crippen LogP contribution in [0, 0.1) is 16.0 Å². The van der Waals surface area contributed by atoms with E-state index in [4.69, 9.17) is 15.6 Å². The normalized spacial score (nSPS) is 12.5. The quantitative estimate of drug-likeness (QED) is 0.321. The lowest BCUT2D eigenvalue weighted by molar-refractivity contribution is -0.384. The molecule has 0 aliphatic carbocycles. The first-order valence-electron chi connectivity index (χ1n) is 10.2. The molecular weight excluding hydrogens is 473 g/mol. The zero-order valence-electron chi connectivity index (χ0n) is 18.8. The van der Waals surface area contributed by atoms with E-state index in [1.165, 1.54) is 24.3 Å². The topological polar surface area (TPSA) is 165 Å². The number of rotatable bonds is 8. The summed E-state index contributed by atoms with van der Waals surface area (Å²) in [5.74, 6) is -3.76. The summed E-state index contributed by atoms with van der Waals surface area (Å²) in [5.41, 5.74) is 7.26. The van der Waals surface area contributed by atoms with Crippen molar-refractivity contribution in [1.82, 2.24) is 5.32 Å². The van der Waals surface area contributed by atoms with Crippen molar-refractivity contribution >= 4 is 29.2 Å². The van der Waals surface area contributed by atoms with Gasteiger partial charge in [0.25, 0.3) is 5.69 Å². The van der Waals surface area contributed by atoms with Gasteiger partial charge in [-0.3, -0.25) is 19.7 Å². The third-order valence-electron chi connectivity index (χ3n) is 4.47. The predicted molar refractivity (Wildman–Crippen MR) is 120 cm³/mol. The van der Waals surface area contributed by atoms with Gasteiger partial charge in [-0.05, 0) is 30.0 Å². The average molecular weight is 498 g/mol. The van der Waals surface area contributed by atoms with Gasteiger partial charge in [0.05, 0.1) is 11.0 Å². The fourth-order valence-electron chi connectivity index (χ4n) is 2.64. The second kappa shape index (κ2) is 13.0. The molecule has 190 valence electrons. The monoisotopic (exact) mass is 498 g/mol. The number of nitrogens with zero attached hydrogens (tertiary/aromatic N) is 1. The van der Waals surface area contributed by atoms with Gasteiger partial charge >= 0.3 is 12.1 Å². The second-order valence-corrected chi connectivity index (χ2v) is 7.62. The van der Waals surface area contributed by atoms with E-state index in [1.54, 1.807) is 0 Å². The lowest BCUT2D eigenvalue weighted by Crippen LogP contribution is -2.52. The van der Waals surface area contributed by atoms with Crippen LogP contribution in [0.4, 0.5) is 24.5 Å². The zero-order chi connectivity index (χ0) is 26.8. The SMILES string of the molecule is CC(C)[C@H](NC(=O)[C@H](N)Cc1ccccc1)C(=O)Nc1ccc([N+](=O)[O-])cc1.O=C(O)C(F)(F)F. The van der Waals surface area contributed by atoms with Crippen molar-refractivity contribution in [3.63, 3.8) is 0 Å². The van der Waals surface area contributed by atoms with E-state index in [1.807, 2.05) is 44.2 Å². The molecule has 0 aromatic heterocycles. The maximum absolute atomic E-state index is 12.6. The number of amides is 2. The zero-order valence-corrected chi connectivity index (χ0v) is 18.8. The number of nitro groups is 1. The number of aliphatic carboxylic acids is 1. The number of non-ortho nitro benzene ring substituents is 1. The Hall–Kier alpha value is -4.00. The molecule has 10 nitrogen and oxygen atoms in total. The number of carboxylic acid groups (broad SMARTS) is 1. The van der Waals surface area contributed by atoms with Gasteiger partial charge in [-0.15, -0.1) is 0 Å². The van der Waals surface area contributed by atoms with Crippen LogP contribution < -0.4 is 16.4 Å². The fraction of sp³-hybridized carbons (Fsp3) is 0.318. The van der Waals surface area contributed by atoms with E-state index < -0.39 is 41.0 Å². The van der Waals surface area contributed by atoms with E-state index in [0.29, 0.717) is 12.1 Å². The first-order chi connectivity index (χ1) is 16.2. The summed E-state index contributed by atoms with van der Waals surface area (Å²) in [6.07, 6.45) is -4.72. The van der Waals surface area contributed by atoms with Crippen molar-refractivity contribution in [2.24, 2.45) is 11.7 Å². The fourth-order valence-corrected chi connectivity index (χ4v) is 2.64. The molecule has 0 saturated heterocycles. The largest absolute Gasteiger partial charge is 0.490 e. The number of nitro benzene ring substituents is 1. The Labute approximate surface area is 198 Å². The summed E-state index contributed by atoms with van der Waals surface area (Å²) < 4.78 is 31.7. The summed E-state index contributed by atoms with van der Waals surface area (Å²) in [6.45, 7) is 3.62. The summed E-state index contributed by atoms with van der Waals surface area (Å²) in [5, 5.41) is 23.2. The van der Waals surface area contributed by atoms with Crippen molar-refractivity contribution in [3.05, 3.63) is 70.3 Å². The summed E-state index contributed by atoms with van der Waals surface area (Å²) >= 11 is 0. The van der Waals surface area contributed by atoms with E-state index in [2.05, 4.69) is 10.6 Å². The number of anilines is 1. The molecule has 0 spiro atoms. The molecule has 5 N–H and O–H groups in total. The highest BCUT2D eigenvalue weighted by Crippen LogP contribution is 2.16. The van der Waals surface area contributed by atoms with E-state index in [9.17, 15) is 32.9 Å². The van der Waals surface area contributed by atoms with Gasteiger partial charge in [-0.1, -0.05) is 44.2 Å². The van der Waals surface area contributed by atoms with Crippen molar-refractivity contribution in [2.45, 2.75) is 38.5 Å². The van der Waals surface area contributed by atoms with Crippen LogP contribution in [0.25, 0.3) is 0 Å². The van der Waals surface area contributed by atoms with E-state index >= 15 is 0 Å². The second-order valence-electron chi connectivity index (χ2n) is 7.62. The number of alkyl halides is 3. The van der Waals surface area contributed by atoms with Crippen molar-refractivity contribution in [1.29, 1.82) is 0 Å². The molecule has 0 heterocycles. The van der Waals surface area contributed by atoms with Crippen molar-refractivity contribution < 1.29 is 37.6 Å². The molecular formula is C22H25F3N4O6. The highest BCUT2D eigenvalue weighted by atomic mass is 19.4. The van der Waals surface area contributed by atoms with Gasteiger partial charge in [0.1, 0.15) is 6.04 Å². The Bertz CT molecular complexity index is 1010. The predicted octanol–water partition coefficient (Wildman–Crippen LogP) is 2.88. The number of hydrogen-bond acceptors (Lipinski definition) is 6. The number of carbonyl (C=O) groups is 3. The first-order valence-corrected chi connectivity index (χ1v) is 10.2. The maximum atomic E-state index is 12.6. The smallest absolute Gasteiger partial charge is 0.475 e. The Morgan fingerprint density at radius 3 is 1.97 bits per heavy atom. The molecule has 0 saturated carbocycles. The number of nitrogens with two attached hydrogens (primary N) is 1. The lowest BCUT2D eigenvalue weighted by atomic mass is 10.0. The van der Waals surface area contributed by atoms with Crippen LogP contribution in [0.1, 0.15) is 19.4 Å². The molecule has 13 heteroatoms. The molecule has 2 aromatic rings. The third kappa shape index (κ3) is 10.2. The number of halogens is 3. The Kier molecular flexibility index (Phi) is 10.8. The van der Waals surface area contributed by atoms with Gasteiger partial charge in [0, 0.05) is 17.8 Å². The van der Waals surface area contributed by atoms with Crippen LogP contribution >= 0.6 is 0 Å². The Balaban J connectivity index is 0.000000762. The van der Waals surface area contributed by atoms with Gasteiger partial charge in [0.15, 0.2) is 0 Å². The van der Waals surface area contributed by atoms with Crippen LogP contribution in [0.2, 0.25) is 0 Å². The average Bonchev–Trinajstić information content (AvgIpc) is 2.77. The van der Waals surface area contributed by atoms with Gasteiger partial charge < -0.3 is 21.5 Å². The number of carboxylic acids is 1. The molecule has 0 aliphatic heterocycles. The highest BCUT2D eigenvalue weighted by molar-refractivity contribution is 5.98. The maximum Gasteiger partial charge on any atom is 0.490 e. The van der Waals surface area contributed by atoms with Crippen molar-refractivity contribution in [3.8, 4) is 0 Å². The van der Waals surface area contributed by atoms with Crippen LogP contribution in [0.15, 0.2) is 54.6 Å². The molecule has 2 aromatic carbocycles. The molecule has 2 rings (SSSR count). The molecule has 35 heavy (non-hydrogen) atoms. The Morgan fingerprint density at radius 2 is 1.54 bits per heavy atom. The van der Waals surface area contributed by atoms with Gasteiger partial charge in [0.2, 0.25) is 11.8 Å². The highest BCUT2D eigenvalue weighted by Gasteiger charge is 2.38. The lowest BCUT2D eigenvalue weighted by Gasteiger charge is -2.23. The minimum atomic E-state index is -5.08. The number of hydrogen-bond donors (Lipinski definition) is 4. The van der Waals surface area contributed by atoms with Crippen LogP contribution in [0.3, 0.4) is 0 Å². The van der Waals surface area contributed by atoms with E-state index in [-0.39, 0.29) is 11.6 Å². The summed E-state index contributed by atoms with van der Waals surface area (Å²) in [4.78, 5) is 44.1. The number of carbonyl (C=O) groups excluding carboxylic acids is 2. The number of nitrogens with one attached hydrogen (secondary N) is 2. The summed E-state index contributed by atoms with van der Waals surface area (Å²) in [7, 11) is 0. The molecule has 0 fully saturated rings. The minimum absolute atomic E-state index is 0.0707. The van der Waals surface area contributed by atoms with Crippen LogP contribution in [-0.4, -0.2) is 46.1 Å². The standard InChI is InChI=1S/C20H24N4O4.C2HF3O2/c1-13(2)18(20(26)22-15-8-10-16(11-9-15)24(27)28)23-19(25)17(21)12-14-6-4-3-5-7-14;3-2(4,5)1(6)7/h3-11,13,17-18H,12,21H2,1-2H3,(H,22,26)(H,23,25);(H,6,7)/t17-,18+;/m1./s1. The molecule has 0 aliphatic rings. The van der Waals surface area contributed by atoms with Gasteiger partial charge in [-0.2, -0.15) is 13.2 Å². The third-order valence-corrected chi connectivity index (χ3v) is 4.47. The molecule has 0 bridgehead atoms. The number of benzene rings is 2. The van der Waals surface area contributed by atoms with Crippen molar-refractivity contribution in [2.75, 3.05) is 5.32 Å². The molecule has 0 radical (unpaired) electrons. The summed E-state index contributed by atoms with van der Waals surface area (Å²) in [6, 6.07) is 13.3. The first kappa shape index (κ1) is 29.0. The molecule has 0 unspecified atom stereocenters. The van der Waals surface area contributed by atoms with Crippen LogP contribution in [-0.2, 0) is 20.8 Å². The van der Waals surface area contributed by atoms with Crippen LogP contribution in [0.5, 0.6) is 0 Å². The molecule has 2 atom stereocenters.